The molecule has 2 aromatic carbocycles. The van der Waals surface area contributed by atoms with Crippen molar-refractivity contribution >= 4 is 22.4 Å². The largest absolute Gasteiger partial charge is 0.378 e. The molecular formula is C23H24FN3O2S. The number of aliphatic hydroxyl groups excluding tert-OH is 1. The Morgan fingerprint density at radius 2 is 1.93 bits per heavy atom. The van der Waals surface area contributed by atoms with E-state index in [4.69, 9.17) is 4.98 Å². The number of amides is 1. The van der Waals surface area contributed by atoms with E-state index in [-0.39, 0.29) is 11.0 Å². The van der Waals surface area contributed by atoms with Crippen LogP contribution < -0.4 is 5.32 Å². The fourth-order valence-corrected chi connectivity index (χ4v) is 4.93. The van der Waals surface area contributed by atoms with E-state index in [1.165, 1.54) is 23.8 Å². The zero-order valence-electron chi connectivity index (χ0n) is 16.7. The summed E-state index contributed by atoms with van der Waals surface area (Å²) in [5, 5.41) is 16.5. The van der Waals surface area contributed by atoms with Crippen LogP contribution in [0, 0.1) is 5.82 Å². The quantitative estimate of drug-likeness (QED) is 0.649. The molecule has 0 aliphatic carbocycles. The molecule has 0 saturated carbocycles. The Morgan fingerprint density at radius 3 is 2.57 bits per heavy atom. The Bertz CT molecular complexity index is 1020. The molecule has 1 atom stereocenters. The van der Waals surface area contributed by atoms with Gasteiger partial charge < -0.3 is 15.3 Å². The number of carbonyl (C=O) groups excluding carboxylic acids is 1. The van der Waals surface area contributed by atoms with Gasteiger partial charge in [-0.25, -0.2) is 9.37 Å². The normalized spacial score (nSPS) is 16.8. The molecule has 2 heterocycles. The summed E-state index contributed by atoms with van der Waals surface area (Å²) in [5.74, 6) is -0.860. The van der Waals surface area contributed by atoms with Gasteiger partial charge in [-0.1, -0.05) is 42.5 Å². The van der Waals surface area contributed by atoms with Gasteiger partial charge in [0.2, 0.25) is 0 Å². The lowest BCUT2D eigenvalue weighted by atomic mass is 9.70. The predicted octanol–water partition coefficient (Wildman–Crippen LogP) is 3.97. The van der Waals surface area contributed by atoms with Crippen molar-refractivity contribution in [2.24, 2.45) is 0 Å². The molecule has 1 unspecified atom stereocenters. The van der Waals surface area contributed by atoms with E-state index >= 15 is 0 Å². The summed E-state index contributed by atoms with van der Waals surface area (Å²) in [5.41, 5.74) is 2.17. The van der Waals surface area contributed by atoms with Gasteiger partial charge in [0.1, 0.15) is 5.82 Å². The van der Waals surface area contributed by atoms with Crippen molar-refractivity contribution in [3.05, 3.63) is 82.6 Å². The summed E-state index contributed by atoms with van der Waals surface area (Å²) in [6.45, 7) is 0.985. The highest BCUT2D eigenvalue weighted by atomic mass is 32.1. The van der Waals surface area contributed by atoms with Crippen molar-refractivity contribution in [3.63, 3.8) is 0 Å². The number of nitrogens with zero attached hydrogens (tertiary/aromatic N) is 2. The first-order valence-electron chi connectivity index (χ1n) is 9.95. The van der Waals surface area contributed by atoms with Crippen LogP contribution in [0.3, 0.4) is 0 Å². The highest BCUT2D eigenvalue weighted by Gasteiger charge is 2.41. The van der Waals surface area contributed by atoms with Crippen LogP contribution in [0.15, 0.2) is 60.0 Å². The lowest BCUT2D eigenvalue weighted by Gasteiger charge is -2.42. The monoisotopic (exact) mass is 425 g/mol. The highest BCUT2D eigenvalue weighted by molar-refractivity contribution is 7.13. The van der Waals surface area contributed by atoms with E-state index in [0.29, 0.717) is 25.9 Å². The maximum Gasteiger partial charge on any atom is 0.256 e. The van der Waals surface area contributed by atoms with Crippen LogP contribution in [0.2, 0.25) is 0 Å². The second kappa shape index (κ2) is 8.53. The highest BCUT2D eigenvalue weighted by Crippen LogP contribution is 2.43. The van der Waals surface area contributed by atoms with Gasteiger partial charge in [0.15, 0.2) is 11.2 Å². The number of halogens is 1. The van der Waals surface area contributed by atoms with Gasteiger partial charge in [0.05, 0.1) is 5.69 Å². The fourth-order valence-electron chi connectivity index (χ4n) is 4.16. The van der Waals surface area contributed by atoms with Crippen molar-refractivity contribution < 1.29 is 14.3 Å². The third kappa shape index (κ3) is 3.82. The first-order chi connectivity index (χ1) is 14.5. The van der Waals surface area contributed by atoms with Crippen LogP contribution in [0.1, 0.15) is 35.8 Å². The Hall–Kier alpha value is -2.77. The molecule has 7 heteroatoms. The van der Waals surface area contributed by atoms with Crippen LogP contribution in [-0.4, -0.2) is 41.0 Å². The average molecular weight is 426 g/mol. The van der Waals surface area contributed by atoms with Crippen LogP contribution in [0.5, 0.6) is 0 Å². The zero-order valence-corrected chi connectivity index (χ0v) is 17.5. The Kier molecular flexibility index (Phi) is 5.83. The number of rotatable bonds is 5. The van der Waals surface area contributed by atoms with Gasteiger partial charge in [-0.3, -0.25) is 4.79 Å². The summed E-state index contributed by atoms with van der Waals surface area (Å²) in [6.07, 6.45) is 0.0388. The number of hydrogen-bond acceptors (Lipinski definition) is 5. The van der Waals surface area contributed by atoms with Gasteiger partial charge in [0, 0.05) is 30.9 Å². The number of nitrogens with one attached hydrogen (secondary N) is 1. The van der Waals surface area contributed by atoms with E-state index in [9.17, 15) is 14.3 Å². The molecule has 156 valence electrons. The van der Waals surface area contributed by atoms with Crippen molar-refractivity contribution in [1.82, 2.24) is 9.88 Å². The van der Waals surface area contributed by atoms with Gasteiger partial charge in [-0.05, 0) is 36.1 Å². The maximum atomic E-state index is 13.5. The molecule has 1 fully saturated rings. The Labute approximate surface area is 179 Å². The molecule has 0 spiro atoms. The molecule has 30 heavy (non-hydrogen) atoms. The summed E-state index contributed by atoms with van der Waals surface area (Å²) in [7, 11) is 1.85. The fraction of sp³-hybridized carbons (Fsp3) is 0.304. The predicted molar refractivity (Wildman–Crippen MR) is 116 cm³/mol. The molecule has 0 bridgehead atoms. The Morgan fingerprint density at radius 1 is 1.20 bits per heavy atom. The van der Waals surface area contributed by atoms with Crippen LogP contribution in [0.25, 0.3) is 0 Å². The zero-order chi connectivity index (χ0) is 21.1. The van der Waals surface area contributed by atoms with Crippen LogP contribution in [0.4, 0.5) is 9.52 Å². The van der Waals surface area contributed by atoms with Gasteiger partial charge in [-0.15, -0.1) is 11.3 Å². The number of aliphatic hydroxyl groups is 1. The summed E-state index contributed by atoms with van der Waals surface area (Å²) < 4.78 is 13.5. The number of likely N-dealkylation sites (tertiary alicyclic amines) is 1. The van der Waals surface area contributed by atoms with Crippen LogP contribution >= 0.6 is 11.3 Å². The minimum Gasteiger partial charge on any atom is -0.378 e. The maximum absolute atomic E-state index is 13.5. The molecule has 0 radical (unpaired) electrons. The molecule has 1 saturated heterocycles. The SMILES string of the molecule is CNc1nc(C2(c3ccccc3)CCN(C(=O)C(O)c3cccc(F)c3)CC2)cs1. The number of carbonyl (C=O) groups is 1. The molecule has 4 rings (SSSR count). The minimum absolute atomic E-state index is 0.276. The van der Waals surface area contributed by atoms with E-state index in [0.717, 1.165) is 10.8 Å². The standard InChI is InChI=1S/C23H24FN3O2S/c1-25-22-26-19(15-30-22)23(17-7-3-2-4-8-17)10-12-27(13-11-23)21(29)20(28)16-6-5-9-18(24)14-16/h2-9,14-15,20,28H,10-13H2,1H3,(H,25,26). The summed E-state index contributed by atoms with van der Waals surface area (Å²) in [6, 6.07) is 15.8. The number of piperidine rings is 1. The molecule has 5 nitrogen and oxygen atoms in total. The first-order valence-corrected chi connectivity index (χ1v) is 10.8. The molecule has 3 aromatic rings. The number of benzene rings is 2. The second-order valence-electron chi connectivity index (χ2n) is 7.52. The number of aromatic nitrogens is 1. The van der Waals surface area contributed by atoms with Crippen molar-refractivity contribution in [2.45, 2.75) is 24.4 Å². The van der Waals surface area contributed by atoms with Gasteiger partial charge in [-0.2, -0.15) is 0 Å². The third-order valence-electron chi connectivity index (χ3n) is 5.86. The molecule has 1 aromatic heterocycles. The number of thiazole rings is 1. The molecule has 1 amide bonds. The van der Waals surface area contributed by atoms with E-state index < -0.39 is 17.8 Å². The number of hydrogen-bond donors (Lipinski definition) is 2. The van der Waals surface area contributed by atoms with Gasteiger partial charge in [0.25, 0.3) is 5.91 Å². The van der Waals surface area contributed by atoms with E-state index in [1.54, 1.807) is 22.3 Å². The lowest BCUT2D eigenvalue weighted by molar-refractivity contribution is -0.142. The van der Waals surface area contributed by atoms with Crippen LogP contribution in [-0.2, 0) is 10.2 Å². The molecule has 2 N–H and O–H groups in total. The summed E-state index contributed by atoms with van der Waals surface area (Å²) in [4.78, 5) is 19.3. The summed E-state index contributed by atoms with van der Waals surface area (Å²) >= 11 is 1.57. The number of anilines is 1. The lowest BCUT2D eigenvalue weighted by Crippen LogP contribution is -2.47. The minimum atomic E-state index is -1.36. The molecule has 1 aliphatic rings. The molecule has 1 aliphatic heterocycles. The van der Waals surface area contributed by atoms with Gasteiger partial charge >= 0.3 is 0 Å². The Balaban J connectivity index is 1.57. The topological polar surface area (TPSA) is 65.5 Å². The molecular weight excluding hydrogens is 401 g/mol. The van der Waals surface area contributed by atoms with Crippen molar-refractivity contribution in [1.29, 1.82) is 0 Å². The van der Waals surface area contributed by atoms with E-state index in [1.807, 2.05) is 25.2 Å². The average Bonchev–Trinajstić information content (AvgIpc) is 3.29. The third-order valence-corrected chi connectivity index (χ3v) is 6.72. The first kappa shape index (κ1) is 20.5. The second-order valence-corrected chi connectivity index (χ2v) is 8.38. The van der Waals surface area contributed by atoms with Crippen molar-refractivity contribution in [3.8, 4) is 0 Å². The van der Waals surface area contributed by atoms with E-state index in [2.05, 4.69) is 22.8 Å². The smallest absolute Gasteiger partial charge is 0.256 e. The van der Waals surface area contributed by atoms with Crippen molar-refractivity contribution in [2.75, 3.05) is 25.5 Å².